The Balaban J connectivity index is 2.53. The van der Waals surface area contributed by atoms with Gasteiger partial charge in [0.25, 0.3) is 0 Å². The Morgan fingerprint density at radius 1 is 1.44 bits per heavy atom. The summed E-state index contributed by atoms with van der Waals surface area (Å²) in [4.78, 5) is 13.5. The minimum absolute atomic E-state index is 0.00667. The van der Waals surface area contributed by atoms with E-state index in [1.165, 1.54) is 0 Å². The summed E-state index contributed by atoms with van der Waals surface area (Å²) in [7, 11) is 0. The third-order valence-electron chi connectivity index (χ3n) is 2.74. The standard InChI is InChI=1S/C14H20N2O2/c1-2-9-16(10-11-17)14(18)8-7-12-5-3-4-6-13(12)15/h2-6,17H,1,7-11,15H2. The SMILES string of the molecule is C=CCN(CCO)C(=O)CCc1ccccc1N. The summed E-state index contributed by atoms with van der Waals surface area (Å²) >= 11 is 0. The minimum atomic E-state index is -0.0347. The topological polar surface area (TPSA) is 66.6 Å². The average Bonchev–Trinajstić information content (AvgIpc) is 2.37. The van der Waals surface area contributed by atoms with Gasteiger partial charge in [0.05, 0.1) is 6.61 Å². The van der Waals surface area contributed by atoms with Crippen molar-refractivity contribution in [3.8, 4) is 0 Å². The number of aliphatic hydroxyl groups is 1. The van der Waals surface area contributed by atoms with Crippen molar-refractivity contribution in [2.75, 3.05) is 25.4 Å². The van der Waals surface area contributed by atoms with Gasteiger partial charge in [0.2, 0.25) is 5.91 Å². The fraction of sp³-hybridized carbons (Fsp3) is 0.357. The highest BCUT2D eigenvalue weighted by atomic mass is 16.3. The predicted molar refractivity (Wildman–Crippen MR) is 73.0 cm³/mol. The molecular weight excluding hydrogens is 228 g/mol. The van der Waals surface area contributed by atoms with Crippen LogP contribution >= 0.6 is 0 Å². The van der Waals surface area contributed by atoms with Crippen LogP contribution in [-0.2, 0) is 11.2 Å². The first-order valence-corrected chi connectivity index (χ1v) is 6.02. The van der Waals surface area contributed by atoms with Crippen molar-refractivity contribution in [3.63, 3.8) is 0 Å². The molecule has 0 aliphatic heterocycles. The van der Waals surface area contributed by atoms with Crippen LogP contribution in [0.4, 0.5) is 5.69 Å². The molecule has 0 aliphatic rings. The predicted octanol–water partition coefficient (Wildman–Crippen LogP) is 1.21. The number of para-hydroxylation sites is 1. The first-order valence-electron chi connectivity index (χ1n) is 6.02. The number of carbonyl (C=O) groups is 1. The molecule has 1 aromatic rings. The van der Waals surface area contributed by atoms with Crippen molar-refractivity contribution >= 4 is 11.6 Å². The van der Waals surface area contributed by atoms with Gasteiger partial charge < -0.3 is 15.7 Å². The number of benzene rings is 1. The van der Waals surface area contributed by atoms with Gasteiger partial charge in [0, 0.05) is 25.2 Å². The van der Waals surface area contributed by atoms with E-state index in [1.54, 1.807) is 11.0 Å². The number of nitrogen functional groups attached to an aromatic ring is 1. The summed E-state index contributed by atoms with van der Waals surface area (Å²) in [5.74, 6) is 0.00667. The van der Waals surface area contributed by atoms with E-state index in [1.807, 2.05) is 24.3 Å². The zero-order chi connectivity index (χ0) is 13.4. The van der Waals surface area contributed by atoms with E-state index in [9.17, 15) is 4.79 Å². The van der Waals surface area contributed by atoms with Crippen molar-refractivity contribution in [1.82, 2.24) is 4.90 Å². The average molecular weight is 248 g/mol. The molecule has 0 aromatic heterocycles. The third kappa shape index (κ3) is 4.22. The maximum absolute atomic E-state index is 11.9. The molecule has 0 bridgehead atoms. The Morgan fingerprint density at radius 2 is 2.17 bits per heavy atom. The van der Waals surface area contributed by atoms with Crippen LogP contribution in [0.15, 0.2) is 36.9 Å². The van der Waals surface area contributed by atoms with Crippen LogP contribution in [0.3, 0.4) is 0 Å². The van der Waals surface area contributed by atoms with E-state index < -0.39 is 0 Å². The lowest BCUT2D eigenvalue weighted by Gasteiger charge is -2.20. The molecule has 0 spiro atoms. The molecule has 4 heteroatoms. The Kier molecular flexibility index (Phi) is 5.94. The number of hydrogen-bond acceptors (Lipinski definition) is 3. The number of aliphatic hydroxyl groups excluding tert-OH is 1. The smallest absolute Gasteiger partial charge is 0.223 e. The summed E-state index contributed by atoms with van der Waals surface area (Å²) in [6.07, 6.45) is 2.66. The van der Waals surface area contributed by atoms with Crippen molar-refractivity contribution in [1.29, 1.82) is 0 Å². The number of anilines is 1. The molecule has 0 aliphatic carbocycles. The second kappa shape index (κ2) is 7.50. The first kappa shape index (κ1) is 14.3. The molecule has 0 fully saturated rings. The molecule has 0 heterocycles. The molecule has 1 aromatic carbocycles. The van der Waals surface area contributed by atoms with Crippen LogP contribution < -0.4 is 5.73 Å². The number of nitrogens with two attached hydrogens (primary N) is 1. The fourth-order valence-corrected chi connectivity index (χ4v) is 1.76. The second-order valence-electron chi connectivity index (χ2n) is 4.05. The van der Waals surface area contributed by atoms with Gasteiger partial charge in [-0.1, -0.05) is 24.3 Å². The number of aryl methyl sites for hydroxylation is 1. The van der Waals surface area contributed by atoms with Gasteiger partial charge in [-0.3, -0.25) is 4.79 Å². The molecule has 0 atom stereocenters. The van der Waals surface area contributed by atoms with E-state index >= 15 is 0 Å². The van der Waals surface area contributed by atoms with Gasteiger partial charge in [-0.15, -0.1) is 6.58 Å². The molecule has 0 unspecified atom stereocenters. The number of hydrogen-bond donors (Lipinski definition) is 2. The number of amides is 1. The molecule has 0 saturated carbocycles. The quantitative estimate of drug-likeness (QED) is 0.563. The zero-order valence-corrected chi connectivity index (χ0v) is 10.5. The lowest BCUT2D eigenvalue weighted by molar-refractivity contribution is -0.131. The molecule has 0 saturated heterocycles. The van der Waals surface area contributed by atoms with Gasteiger partial charge in [0.15, 0.2) is 0 Å². The monoisotopic (exact) mass is 248 g/mol. The molecule has 1 amide bonds. The normalized spacial score (nSPS) is 10.1. The molecule has 3 N–H and O–H groups in total. The second-order valence-corrected chi connectivity index (χ2v) is 4.05. The number of nitrogens with zero attached hydrogens (tertiary/aromatic N) is 1. The van der Waals surface area contributed by atoms with Crippen molar-refractivity contribution in [2.24, 2.45) is 0 Å². The first-order chi connectivity index (χ1) is 8.69. The molecule has 1 rings (SSSR count). The van der Waals surface area contributed by atoms with E-state index in [2.05, 4.69) is 6.58 Å². The van der Waals surface area contributed by atoms with E-state index in [0.29, 0.717) is 31.6 Å². The molecule has 98 valence electrons. The van der Waals surface area contributed by atoms with Gasteiger partial charge >= 0.3 is 0 Å². The summed E-state index contributed by atoms with van der Waals surface area (Å²) in [5, 5.41) is 8.89. The summed E-state index contributed by atoms with van der Waals surface area (Å²) in [6.45, 7) is 4.37. The summed E-state index contributed by atoms with van der Waals surface area (Å²) in [5.41, 5.74) is 7.51. The van der Waals surface area contributed by atoms with Gasteiger partial charge in [-0.05, 0) is 18.1 Å². The van der Waals surface area contributed by atoms with Crippen LogP contribution in [0.2, 0.25) is 0 Å². The van der Waals surface area contributed by atoms with Crippen LogP contribution in [0.25, 0.3) is 0 Å². The van der Waals surface area contributed by atoms with Gasteiger partial charge in [-0.25, -0.2) is 0 Å². The maximum atomic E-state index is 11.9. The highest BCUT2D eigenvalue weighted by Crippen LogP contribution is 2.13. The van der Waals surface area contributed by atoms with Crippen LogP contribution in [0.5, 0.6) is 0 Å². The molecule has 18 heavy (non-hydrogen) atoms. The molecule has 4 nitrogen and oxygen atoms in total. The van der Waals surface area contributed by atoms with E-state index in [-0.39, 0.29) is 12.5 Å². The maximum Gasteiger partial charge on any atom is 0.223 e. The number of rotatable bonds is 7. The van der Waals surface area contributed by atoms with Crippen LogP contribution in [-0.4, -0.2) is 35.6 Å². The third-order valence-corrected chi connectivity index (χ3v) is 2.74. The molecular formula is C14H20N2O2. The zero-order valence-electron chi connectivity index (χ0n) is 10.5. The van der Waals surface area contributed by atoms with Crippen molar-refractivity contribution < 1.29 is 9.90 Å². The van der Waals surface area contributed by atoms with Crippen molar-refractivity contribution in [3.05, 3.63) is 42.5 Å². The van der Waals surface area contributed by atoms with Crippen LogP contribution in [0.1, 0.15) is 12.0 Å². The van der Waals surface area contributed by atoms with Crippen LogP contribution in [0, 0.1) is 0 Å². The Labute approximate surface area is 108 Å². The Bertz CT molecular complexity index is 405. The number of carbonyl (C=O) groups excluding carboxylic acids is 1. The minimum Gasteiger partial charge on any atom is -0.399 e. The Morgan fingerprint density at radius 3 is 2.78 bits per heavy atom. The summed E-state index contributed by atoms with van der Waals surface area (Å²) < 4.78 is 0. The highest BCUT2D eigenvalue weighted by Gasteiger charge is 2.11. The molecule has 0 radical (unpaired) electrons. The largest absolute Gasteiger partial charge is 0.399 e. The van der Waals surface area contributed by atoms with E-state index in [4.69, 9.17) is 10.8 Å². The highest BCUT2D eigenvalue weighted by molar-refractivity contribution is 5.76. The lowest BCUT2D eigenvalue weighted by Crippen LogP contribution is -2.33. The summed E-state index contributed by atoms with van der Waals surface area (Å²) in [6, 6.07) is 7.53. The fourth-order valence-electron chi connectivity index (χ4n) is 1.76. The van der Waals surface area contributed by atoms with E-state index in [0.717, 1.165) is 5.56 Å². The van der Waals surface area contributed by atoms with Gasteiger partial charge in [0.1, 0.15) is 0 Å². The Hall–Kier alpha value is -1.81. The van der Waals surface area contributed by atoms with Crippen molar-refractivity contribution in [2.45, 2.75) is 12.8 Å². The lowest BCUT2D eigenvalue weighted by atomic mass is 10.1. The van der Waals surface area contributed by atoms with Gasteiger partial charge in [-0.2, -0.15) is 0 Å².